The summed E-state index contributed by atoms with van der Waals surface area (Å²) < 4.78 is 0. The fourth-order valence-electron chi connectivity index (χ4n) is 6.84. The molecule has 26 heavy (non-hydrogen) atoms. The van der Waals surface area contributed by atoms with E-state index in [4.69, 9.17) is 0 Å². The maximum absolute atomic E-state index is 9.70. The largest absolute Gasteiger partial charge is 0.198 e. The highest BCUT2D eigenvalue weighted by Crippen LogP contribution is 2.49. The number of unbranched alkanes of at least 4 members (excludes halogenated alkanes) is 1. The molecule has 148 valence electrons. The molecule has 0 saturated heterocycles. The summed E-state index contributed by atoms with van der Waals surface area (Å²) in [5, 5.41) is 9.70. The smallest absolute Gasteiger partial charge is 0.0689 e. The first-order valence-corrected chi connectivity index (χ1v) is 12.1. The Balaban J connectivity index is 1.43. The first-order chi connectivity index (χ1) is 12.7. The van der Waals surface area contributed by atoms with Crippen molar-refractivity contribution >= 4 is 0 Å². The SMILES string of the molecule is CCCC[C@H]1CC[C@H](C2CCC(C3CCCC(C#N)(CC)C3)CC2)CC1. The molecule has 0 bridgehead atoms. The van der Waals surface area contributed by atoms with Gasteiger partial charge in [-0.2, -0.15) is 5.26 Å². The molecular weight excluding hydrogens is 314 g/mol. The van der Waals surface area contributed by atoms with Crippen molar-refractivity contribution in [2.75, 3.05) is 0 Å². The van der Waals surface area contributed by atoms with E-state index in [1.165, 1.54) is 89.9 Å². The second kappa shape index (κ2) is 9.61. The summed E-state index contributed by atoms with van der Waals surface area (Å²) in [6, 6.07) is 2.72. The Morgan fingerprint density at radius 2 is 1.38 bits per heavy atom. The van der Waals surface area contributed by atoms with Gasteiger partial charge < -0.3 is 0 Å². The molecule has 0 amide bonds. The molecule has 2 unspecified atom stereocenters. The Labute approximate surface area is 163 Å². The molecule has 3 saturated carbocycles. The standard InChI is InChI=1S/C25H43N/c1-3-5-7-20-9-11-21(12-10-20)22-13-15-23(16-14-22)24-8-6-17-25(4-2,18-24)19-26/h20-24H,3-18H2,1-2H3/t20-,21-,22?,23?,24?,25?. The van der Waals surface area contributed by atoms with Gasteiger partial charge in [0.05, 0.1) is 11.5 Å². The highest BCUT2D eigenvalue weighted by Gasteiger charge is 2.40. The number of nitriles is 1. The summed E-state index contributed by atoms with van der Waals surface area (Å²) in [7, 11) is 0. The van der Waals surface area contributed by atoms with Crippen LogP contribution in [0.2, 0.25) is 0 Å². The van der Waals surface area contributed by atoms with Crippen LogP contribution in [-0.2, 0) is 0 Å². The summed E-state index contributed by atoms with van der Waals surface area (Å²) in [6.45, 7) is 4.57. The molecule has 1 heteroatoms. The van der Waals surface area contributed by atoms with Crippen molar-refractivity contribution in [2.24, 2.45) is 35.0 Å². The Kier molecular flexibility index (Phi) is 7.48. The van der Waals surface area contributed by atoms with Crippen LogP contribution in [0.1, 0.15) is 117 Å². The minimum absolute atomic E-state index is 0.0244. The van der Waals surface area contributed by atoms with Gasteiger partial charge in [0.15, 0.2) is 0 Å². The van der Waals surface area contributed by atoms with Gasteiger partial charge in [-0.25, -0.2) is 0 Å². The second-order valence-electron chi connectivity index (χ2n) is 10.2. The van der Waals surface area contributed by atoms with Crippen molar-refractivity contribution < 1.29 is 0 Å². The van der Waals surface area contributed by atoms with Crippen LogP contribution in [0, 0.1) is 46.3 Å². The molecule has 0 aromatic heterocycles. The third-order valence-electron chi connectivity index (χ3n) is 8.80. The van der Waals surface area contributed by atoms with E-state index in [2.05, 4.69) is 19.9 Å². The number of rotatable bonds is 6. The van der Waals surface area contributed by atoms with E-state index in [0.29, 0.717) is 0 Å². The monoisotopic (exact) mass is 357 g/mol. The first-order valence-electron chi connectivity index (χ1n) is 12.1. The molecule has 0 spiro atoms. The van der Waals surface area contributed by atoms with Crippen molar-refractivity contribution in [3.63, 3.8) is 0 Å². The van der Waals surface area contributed by atoms with Gasteiger partial charge in [0.1, 0.15) is 0 Å². The summed E-state index contributed by atoms with van der Waals surface area (Å²) >= 11 is 0. The zero-order chi connectivity index (χ0) is 18.4. The second-order valence-corrected chi connectivity index (χ2v) is 10.2. The molecule has 3 fully saturated rings. The predicted octanol–water partition coefficient (Wildman–Crippen LogP) is 7.90. The normalized spacial score (nSPS) is 41.5. The molecule has 0 N–H and O–H groups in total. The van der Waals surface area contributed by atoms with E-state index in [0.717, 1.165) is 42.4 Å². The minimum Gasteiger partial charge on any atom is -0.198 e. The molecule has 0 radical (unpaired) electrons. The van der Waals surface area contributed by atoms with E-state index in [1.54, 1.807) is 0 Å². The summed E-state index contributed by atoms with van der Waals surface area (Å²) in [5.41, 5.74) is 0.0244. The van der Waals surface area contributed by atoms with Gasteiger partial charge in [-0.05, 0) is 87.4 Å². The van der Waals surface area contributed by atoms with Crippen LogP contribution in [0.3, 0.4) is 0 Å². The van der Waals surface area contributed by atoms with Crippen molar-refractivity contribution in [1.82, 2.24) is 0 Å². The molecule has 2 atom stereocenters. The van der Waals surface area contributed by atoms with Crippen molar-refractivity contribution in [3.05, 3.63) is 0 Å². The van der Waals surface area contributed by atoms with Crippen LogP contribution >= 0.6 is 0 Å². The Morgan fingerprint density at radius 1 is 0.808 bits per heavy atom. The zero-order valence-corrected chi connectivity index (χ0v) is 17.6. The third kappa shape index (κ3) is 4.85. The minimum atomic E-state index is 0.0244. The van der Waals surface area contributed by atoms with E-state index in [-0.39, 0.29) is 5.41 Å². The molecule has 0 heterocycles. The van der Waals surface area contributed by atoms with E-state index >= 15 is 0 Å². The molecule has 3 aliphatic carbocycles. The average Bonchev–Trinajstić information content (AvgIpc) is 2.73. The molecule has 0 aromatic rings. The molecular formula is C25H43N. The quantitative estimate of drug-likeness (QED) is 0.474. The van der Waals surface area contributed by atoms with Crippen LogP contribution in [0.5, 0.6) is 0 Å². The van der Waals surface area contributed by atoms with Gasteiger partial charge in [-0.1, -0.05) is 58.8 Å². The Hall–Kier alpha value is -0.510. The lowest BCUT2D eigenvalue weighted by Gasteiger charge is -2.43. The van der Waals surface area contributed by atoms with Crippen LogP contribution in [0.4, 0.5) is 0 Å². The number of hydrogen-bond donors (Lipinski definition) is 0. The fraction of sp³-hybridized carbons (Fsp3) is 0.960. The number of hydrogen-bond acceptors (Lipinski definition) is 1. The molecule has 1 nitrogen and oxygen atoms in total. The van der Waals surface area contributed by atoms with Gasteiger partial charge in [0, 0.05) is 0 Å². The van der Waals surface area contributed by atoms with E-state index in [9.17, 15) is 5.26 Å². The van der Waals surface area contributed by atoms with Crippen LogP contribution < -0.4 is 0 Å². The maximum atomic E-state index is 9.70. The highest BCUT2D eigenvalue weighted by atomic mass is 14.5. The van der Waals surface area contributed by atoms with Gasteiger partial charge >= 0.3 is 0 Å². The predicted molar refractivity (Wildman–Crippen MR) is 111 cm³/mol. The lowest BCUT2D eigenvalue weighted by molar-refractivity contribution is 0.0838. The van der Waals surface area contributed by atoms with Crippen molar-refractivity contribution in [3.8, 4) is 6.07 Å². The molecule has 3 rings (SSSR count). The Morgan fingerprint density at radius 3 is 1.92 bits per heavy atom. The summed E-state index contributed by atoms with van der Waals surface area (Å²) in [6.07, 6.45) is 22.5. The lowest BCUT2D eigenvalue weighted by Crippen LogP contribution is -2.33. The van der Waals surface area contributed by atoms with E-state index in [1.807, 2.05) is 0 Å². The average molecular weight is 358 g/mol. The maximum Gasteiger partial charge on any atom is 0.0689 e. The first kappa shape index (κ1) is 20.2. The van der Waals surface area contributed by atoms with Crippen molar-refractivity contribution in [1.29, 1.82) is 5.26 Å². The molecule has 0 aliphatic heterocycles. The molecule has 3 aliphatic rings. The summed E-state index contributed by atoms with van der Waals surface area (Å²) in [5.74, 6) is 4.93. The topological polar surface area (TPSA) is 23.8 Å². The lowest BCUT2D eigenvalue weighted by atomic mass is 9.61. The third-order valence-corrected chi connectivity index (χ3v) is 8.80. The van der Waals surface area contributed by atoms with E-state index < -0.39 is 0 Å². The summed E-state index contributed by atoms with van der Waals surface area (Å²) in [4.78, 5) is 0. The highest BCUT2D eigenvalue weighted by molar-refractivity contribution is 5.02. The number of nitrogens with zero attached hydrogens (tertiary/aromatic N) is 1. The molecule has 0 aromatic carbocycles. The zero-order valence-electron chi connectivity index (χ0n) is 17.6. The van der Waals surface area contributed by atoms with Gasteiger partial charge in [-0.15, -0.1) is 0 Å². The van der Waals surface area contributed by atoms with Gasteiger partial charge in [0.25, 0.3) is 0 Å². The van der Waals surface area contributed by atoms with Crippen LogP contribution in [0.15, 0.2) is 0 Å². The van der Waals surface area contributed by atoms with Gasteiger partial charge in [-0.3, -0.25) is 0 Å². The van der Waals surface area contributed by atoms with Crippen LogP contribution in [0.25, 0.3) is 0 Å². The van der Waals surface area contributed by atoms with Crippen LogP contribution in [-0.4, -0.2) is 0 Å². The Bertz CT molecular complexity index is 447. The fourth-order valence-corrected chi connectivity index (χ4v) is 6.84. The van der Waals surface area contributed by atoms with Gasteiger partial charge in [0.2, 0.25) is 0 Å². The van der Waals surface area contributed by atoms with Crippen molar-refractivity contribution in [2.45, 2.75) is 117 Å².